The Morgan fingerprint density at radius 1 is 1.00 bits per heavy atom. The summed E-state index contributed by atoms with van der Waals surface area (Å²) < 4.78 is 0.636. The molecular formula is C28H44BrN3O3. The first-order valence-electron chi connectivity index (χ1n) is 12.6. The number of hydrogen-bond acceptors (Lipinski definition) is 5. The third-order valence-electron chi connectivity index (χ3n) is 4.53. The minimum atomic E-state index is -0.202. The van der Waals surface area contributed by atoms with Crippen molar-refractivity contribution in [3.05, 3.63) is 53.1 Å². The van der Waals surface area contributed by atoms with Gasteiger partial charge in [0.25, 0.3) is 5.91 Å². The molecule has 1 aromatic carbocycles. The van der Waals surface area contributed by atoms with Gasteiger partial charge in [0, 0.05) is 13.0 Å². The predicted molar refractivity (Wildman–Crippen MR) is 151 cm³/mol. The third-order valence-corrected chi connectivity index (χ3v) is 4.71. The van der Waals surface area contributed by atoms with E-state index in [9.17, 15) is 14.4 Å². The molecule has 0 saturated carbocycles. The Labute approximate surface area is 221 Å². The van der Waals surface area contributed by atoms with Crippen LogP contribution in [-0.2, 0) is 20.9 Å². The molecule has 0 radical (unpaired) electrons. The van der Waals surface area contributed by atoms with Crippen molar-refractivity contribution in [2.24, 2.45) is 4.99 Å². The number of carbonyl (C=O) groups excluding carboxylic acids is 3. The van der Waals surface area contributed by atoms with Crippen molar-refractivity contribution >= 4 is 38.2 Å². The lowest BCUT2D eigenvalue weighted by atomic mass is 10.1. The molecule has 0 bridgehead atoms. The summed E-state index contributed by atoms with van der Waals surface area (Å²) in [5.74, 6) is 2.74. The summed E-state index contributed by atoms with van der Waals surface area (Å²) >= 11 is 3.31. The summed E-state index contributed by atoms with van der Waals surface area (Å²) in [6, 6.07) is 9.76. The summed E-state index contributed by atoms with van der Waals surface area (Å²) in [5, 5.41) is 0. The molecule has 0 N–H and O–H groups in total. The molecule has 6 nitrogen and oxygen atoms in total. The molecule has 1 heterocycles. The van der Waals surface area contributed by atoms with Gasteiger partial charge in [0.1, 0.15) is 11.6 Å². The lowest BCUT2D eigenvalue weighted by Gasteiger charge is -2.37. The standard InChI is InChI=1S/C18H20BrN3O2.C6H12O.2C2H6/c1-4-10-21-16(12-23)22(11-15-8-6-5-7-9-15)17(20-14(3)19)13(2)18(21)24;1-3-4-5-6(2)7;2*1-2/h5-9H,4,10-11H2,1-3H3;3-5H2,1-2H3;2*1-2H3/b20-14+;;;. The van der Waals surface area contributed by atoms with Gasteiger partial charge in [0.2, 0.25) is 5.82 Å². The number of nitrogens with zero attached hydrogens (tertiary/aromatic N) is 3. The van der Waals surface area contributed by atoms with Crippen LogP contribution in [0.4, 0.5) is 0 Å². The lowest BCUT2D eigenvalue weighted by molar-refractivity contribution is -0.127. The van der Waals surface area contributed by atoms with Crippen LogP contribution in [0.15, 0.2) is 52.5 Å². The number of carbonyl (C=O) groups is 2. The fourth-order valence-corrected chi connectivity index (χ4v) is 3.18. The summed E-state index contributed by atoms with van der Waals surface area (Å²) in [5.41, 5.74) is 1.53. The Kier molecular flexibility index (Phi) is 20.6. The molecule has 0 unspecified atom stereocenters. The first kappa shape index (κ1) is 34.7. The van der Waals surface area contributed by atoms with Gasteiger partial charge in [-0.1, -0.05) is 78.3 Å². The monoisotopic (exact) mass is 549 g/mol. The molecular weight excluding hydrogens is 506 g/mol. The van der Waals surface area contributed by atoms with E-state index in [2.05, 4.69) is 27.8 Å². The Balaban J connectivity index is 0. The Bertz CT molecular complexity index is 869. The maximum atomic E-state index is 12.6. The topological polar surface area (TPSA) is 70.1 Å². The summed E-state index contributed by atoms with van der Waals surface area (Å²) in [4.78, 5) is 42.1. The van der Waals surface area contributed by atoms with E-state index in [0.29, 0.717) is 34.9 Å². The summed E-state index contributed by atoms with van der Waals surface area (Å²) in [7, 11) is 0. The highest BCUT2D eigenvalue weighted by Gasteiger charge is 2.34. The van der Waals surface area contributed by atoms with Gasteiger partial charge in [-0.15, -0.1) is 0 Å². The quantitative estimate of drug-likeness (QED) is 0.252. The molecule has 1 aliphatic heterocycles. The molecule has 196 valence electrons. The van der Waals surface area contributed by atoms with Crippen molar-refractivity contribution in [1.29, 1.82) is 0 Å². The number of aliphatic imine (C=N–C) groups is 1. The fourth-order valence-electron chi connectivity index (χ4n) is 3.02. The van der Waals surface area contributed by atoms with Crippen molar-refractivity contribution < 1.29 is 14.4 Å². The molecule has 0 aromatic heterocycles. The number of Topliss-reactive ketones (excluding diaryl/α,β-unsaturated/α-hetero) is 1. The van der Waals surface area contributed by atoms with E-state index in [1.165, 1.54) is 4.90 Å². The maximum Gasteiger partial charge on any atom is 0.259 e. The number of halogens is 1. The van der Waals surface area contributed by atoms with Gasteiger partial charge in [-0.05, 0) is 55.1 Å². The van der Waals surface area contributed by atoms with Gasteiger partial charge >= 0.3 is 0 Å². The highest BCUT2D eigenvalue weighted by Crippen LogP contribution is 2.30. The van der Waals surface area contributed by atoms with Crippen LogP contribution in [0.25, 0.3) is 0 Å². The Morgan fingerprint density at radius 2 is 1.57 bits per heavy atom. The second-order valence-corrected chi connectivity index (χ2v) is 8.46. The van der Waals surface area contributed by atoms with Crippen LogP contribution in [0.1, 0.15) is 93.6 Å². The number of hydrogen-bond donors (Lipinski definition) is 0. The zero-order chi connectivity index (χ0) is 27.4. The molecule has 1 aromatic rings. The maximum absolute atomic E-state index is 12.6. The van der Waals surface area contributed by atoms with Gasteiger partial charge in [-0.25, -0.2) is 9.79 Å². The molecule has 0 spiro atoms. The first-order valence-corrected chi connectivity index (χ1v) is 13.4. The normalized spacial score (nSPS) is 13.0. The molecule has 7 heteroatoms. The average Bonchev–Trinajstić information content (AvgIpc) is 2.87. The molecule has 1 amide bonds. The molecule has 2 rings (SSSR count). The molecule has 0 atom stereocenters. The second kappa shape index (κ2) is 20.8. The van der Waals surface area contributed by atoms with Crippen LogP contribution in [-0.4, -0.2) is 38.6 Å². The minimum Gasteiger partial charge on any atom is -0.300 e. The van der Waals surface area contributed by atoms with E-state index >= 15 is 0 Å². The van der Waals surface area contributed by atoms with E-state index in [4.69, 9.17) is 0 Å². The van der Waals surface area contributed by atoms with Gasteiger partial charge in [-0.3, -0.25) is 14.6 Å². The minimum absolute atomic E-state index is 0.202. The van der Waals surface area contributed by atoms with Crippen LogP contribution >= 0.6 is 15.9 Å². The third kappa shape index (κ3) is 12.7. The van der Waals surface area contributed by atoms with Crippen molar-refractivity contribution in [3.8, 4) is 0 Å². The van der Waals surface area contributed by atoms with E-state index in [0.717, 1.165) is 31.2 Å². The average molecular weight is 551 g/mol. The number of unbranched alkanes of at least 4 members (excludes halogenated alkanes) is 1. The van der Waals surface area contributed by atoms with Crippen LogP contribution < -0.4 is 0 Å². The highest BCUT2D eigenvalue weighted by molar-refractivity contribution is 9.18. The van der Waals surface area contributed by atoms with Gasteiger partial charge in [0.15, 0.2) is 5.94 Å². The van der Waals surface area contributed by atoms with Gasteiger partial charge in [0.05, 0.1) is 16.7 Å². The zero-order valence-electron chi connectivity index (χ0n) is 23.1. The van der Waals surface area contributed by atoms with Crippen molar-refractivity contribution in [2.45, 2.75) is 94.5 Å². The number of ketones is 1. The second-order valence-electron chi connectivity index (χ2n) is 7.32. The molecule has 0 aliphatic carbocycles. The largest absolute Gasteiger partial charge is 0.300 e. The molecule has 35 heavy (non-hydrogen) atoms. The predicted octanol–water partition coefficient (Wildman–Crippen LogP) is 7.28. The van der Waals surface area contributed by atoms with Crippen molar-refractivity contribution in [1.82, 2.24) is 9.80 Å². The Morgan fingerprint density at radius 3 is 1.97 bits per heavy atom. The molecule has 1 aliphatic rings. The van der Waals surface area contributed by atoms with E-state index in [-0.39, 0.29) is 11.7 Å². The molecule has 0 fully saturated rings. The van der Waals surface area contributed by atoms with Crippen molar-refractivity contribution in [3.63, 3.8) is 0 Å². The lowest BCUT2D eigenvalue weighted by Crippen LogP contribution is -2.45. The number of amides is 1. The number of rotatable bonds is 8. The van der Waals surface area contributed by atoms with Crippen LogP contribution in [0.5, 0.6) is 0 Å². The van der Waals surface area contributed by atoms with Gasteiger partial charge in [-0.2, -0.15) is 0 Å². The molecule has 0 saturated heterocycles. The van der Waals surface area contributed by atoms with Crippen molar-refractivity contribution in [2.75, 3.05) is 6.54 Å². The first-order chi connectivity index (χ1) is 16.8. The van der Waals surface area contributed by atoms with E-state index < -0.39 is 0 Å². The SMILES string of the molecule is CC.CC.CCCCC(C)=O.CCCN1C(=O)C(C)=C(/N=C(\C)Br)N(Cc2ccccc2)C1=C=O. The highest BCUT2D eigenvalue weighted by atomic mass is 79.9. The Hall–Kier alpha value is -2.50. The van der Waals surface area contributed by atoms with Crippen LogP contribution in [0, 0.1) is 0 Å². The van der Waals surface area contributed by atoms with Crippen LogP contribution in [0.2, 0.25) is 0 Å². The smallest absolute Gasteiger partial charge is 0.259 e. The fraction of sp³-hybridized carbons (Fsp3) is 0.536. The van der Waals surface area contributed by atoms with E-state index in [1.54, 1.807) is 25.7 Å². The van der Waals surface area contributed by atoms with Crippen LogP contribution in [0.3, 0.4) is 0 Å². The van der Waals surface area contributed by atoms with Gasteiger partial charge < -0.3 is 4.79 Å². The summed E-state index contributed by atoms with van der Waals surface area (Å²) in [6.07, 6.45) is 3.69. The van der Waals surface area contributed by atoms with E-state index in [1.807, 2.05) is 70.9 Å². The number of benzene rings is 1. The zero-order valence-corrected chi connectivity index (χ0v) is 24.7. The summed E-state index contributed by atoms with van der Waals surface area (Å²) in [6.45, 7) is 18.1.